The van der Waals surface area contributed by atoms with Crippen molar-refractivity contribution in [2.24, 2.45) is 0 Å². The van der Waals surface area contributed by atoms with E-state index in [1.165, 1.54) is 0 Å². The monoisotopic (exact) mass is 362 g/mol. The highest BCUT2D eigenvalue weighted by atomic mass is 16.6. The minimum Gasteiger partial charge on any atom is -0.486 e. The third kappa shape index (κ3) is 3.29. The smallest absolute Gasteiger partial charge is 0.354 e. The SMILES string of the molecule is Nc1ncn([C@@]2(C(=O)COc3ccccc3)C[C@H](O)[C@@H](CO)O2)c(=O)n1. The number of rotatable bonds is 6. The van der Waals surface area contributed by atoms with Gasteiger partial charge in [-0.15, -0.1) is 0 Å². The number of aromatic nitrogens is 3. The summed E-state index contributed by atoms with van der Waals surface area (Å²) < 4.78 is 11.9. The van der Waals surface area contributed by atoms with Crippen LogP contribution >= 0.6 is 0 Å². The number of carbonyl (C=O) groups is 1. The van der Waals surface area contributed by atoms with E-state index in [2.05, 4.69) is 9.97 Å². The van der Waals surface area contributed by atoms with Gasteiger partial charge in [-0.25, -0.2) is 14.3 Å². The second kappa shape index (κ2) is 7.20. The highest BCUT2D eigenvalue weighted by molar-refractivity contribution is 5.87. The average Bonchev–Trinajstić information content (AvgIpc) is 2.98. The molecule has 0 aliphatic carbocycles. The van der Waals surface area contributed by atoms with Gasteiger partial charge in [-0.05, 0) is 12.1 Å². The van der Waals surface area contributed by atoms with Crippen molar-refractivity contribution in [3.8, 4) is 5.75 Å². The van der Waals surface area contributed by atoms with Crippen molar-refractivity contribution in [1.82, 2.24) is 14.5 Å². The Morgan fingerprint density at radius 1 is 1.42 bits per heavy atom. The van der Waals surface area contributed by atoms with Gasteiger partial charge in [0.05, 0.1) is 12.7 Å². The molecule has 1 aromatic carbocycles. The van der Waals surface area contributed by atoms with E-state index in [1.54, 1.807) is 30.3 Å². The van der Waals surface area contributed by atoms with Gasteiger partial charge in [0.25, 0.3) is 0 Å². The lowest BCUT2D eigenvalue weighted by molar-refractivity contribution is -0.164. The summed E-state index contributed by atoms with van der Waals surface area (Å²) in [6, 6.07) is 8.61. The van der Waals surface area contributed by atoms with Gasteiger partial charge in [-0.2, -0.15) is 4.98 Å². The Kier molecular flexibility index (Phi) is 4.98. The lowest BCUT2D eigenvalue weighted by Crippen LogP contribution is -2.50. The van der Waals surface area contributed by atoms with Gasteiger partial charge >= 0.3 is 5.69 Å². The van der Waals surface area contributed by atoms with Crippen molar-refractivity contribution in [3.05, 3.63) is 47.1 Å². The Bertz CT molecular complexity index is 842. The number of nitrogens with zero attached hydrogens (tertiary/aromatic N) is 3. The molecular weight excluding hydrogens is 344 g/mol. The second-order valence-electron chi connectivity index (χ2n) is 5.79. The summed E-state index contributed by atoms with van der Waals surface area (Å²) in [5, 5.41) is 19.5. The number of ketones is 1. The maximum atomic E-state index is 12.9. The lowest BCUT2D eigenvalue weighted by atomic mass is 10.0. The average molecular weight is 362 g/mol. The minimum atomic E-state index is -1.90. The molecule has 1 fully saturated rings. The van der Waals surface area contributed by atoms with Crippen LogP contribution in [0.15, 0.2) is 41.5 Å². The normalized spacial score (nSPS) is 25.2. The number of ether oxygens (including phenoxy) is 2. The van der Waals surface area contributed by atoms with E-state index in [0.717, 1.165) is 10.9 Å². The first-order valence-electron chi connectivity index (χ1n) is 7.86. The quantitative estimate of drug-likeness (QED) is 0.567. The van der Waals surface area contributed by atoms with E-state index in [0.29, 0.717) is 5.75 Å². The molecule has 2 aromatic rings. The summed E-state index contributed by atoms with van der Waals surface area (Å²) in [5.74, 6) is -0.437. The highest BCUT2D eigenvalue weighted by Gasteiger charge is 2.53. The molecule has 1 aliphatic rings. The standard InChI is InChI=1S/C16H18N4O6/c17-14-18-9-20(15(24)19-14)16(6-11(22)12(7-21)26-16)13(23)8-25-10-4-2-1-3-5-10/h1-5,9,11-12,21-22H,6-8H2,(H2,17,19,24)/t11-,12+,16-/m0/s1. The number of Topliss-reactive ketones (excluding diaryl/α,β-unsaturated/α-hetero) is 1. The van der Waals surface area contributed by atoms with Crippen LogP contribution in [0.4, 0.5) is 5.95 Å². The molecule has 0 amide bonds. The predicted octanol–water partition coefficient (Wildman–Crippen LogP) is -1.34. The third-order valence-electron chi connectivity index (χ3n) is 4.10. The number of nitrogen functional groups attached to an aromatic ring is 1. The van der Waals surface area contributed by atoms with Crippen molar-refractivity contribution >= 4 is 11.7 Å². The number of hydrogen-bond donors (Lipinski definition) is 3. The molecule has 0 unspecified atom stereocenters. The topological polar surface area (TPSA) is 150 Å². The number of para-hydroxylation sites is 1. The summed E-state index contributed by atoms with van der Waals surface area (Å²) in [6.45, 7) is -0.952. The molecule has 0 radical (unpaired) electrons. The van der Waals surface area contributed by atoms with Gasteiger partial charge in [0, 0.05) is 6.42 Å². The minimum absolute atomic E-state index is 0.258. The molecule has 10 heteroatoms. The summed E-state index contributed by atoms with van der Waals surface area (Å²) in [7, 11) is 0. The fraction of sp³-hybridized carbons (Fsp3) is 0.375. The Balaban J connectivity index is 1.93. The van der Waals surface area contributed by atoms with Crippen LogP contribution in [-0.2, 0) is 15.3 Å². The van der Waals surface area contributed by atoms with E-state index in [1.807, 2.05) is 0 Å². The van der Waals surface area contributed by atoms with Gasteiger partial charge < -0.3 is 25.4 Å². The number of aliphatic hydroxyl groups is 2. The molecule has 0 saturated carbocycles. The molecule has 3 rings (SSSR count). The fourth-order valence-electron chi connectivity index (χ4n) is 2.79. The van der Waals surface area contributed by atoms with Crippen molar-refractivity contribution in [3.63, 3.8) is 0 Å². The molecule has 138 valence electrons. The van der Waals surface area contributed by atoms with Gasteiger partial charge in [0.1, 0.15) is 18.2 Å². The zero-order valence-electron chi connectivity index (χ0n) is 13.7. The van der Waals surface area contributed by atoms with E-state index in [9.17, 15) is 19.8 Å². The van der Waals surface area contributed by atoms with Crippen LogP contribution < -0.4 is 16.2 Å². The number of hydrogen-bond acceptors (Lipinski definition) is 9. The van der Waals surface area contributed by atoms with Crippen LogP contribution in [0.25, 0.3) is 0 Å². The van der Waals surface area contributed by atoms with Gasteiger partial charge in [0.2, 0.25) is 17.5 Å². The van der Waals surface area contributed by atoms with Gasteiger partial charge in [0.15, 0.2) is 6.61 Å². The zero-order chi connectivity index (χ0) is 18.7. The van der Waals surface area contributed by atoms with Crippen molar-refractivity contribution in [2.45, 2.75) is 24.4 Å². The largest absolute Gasteiger partial charge is 0.486 e. The number of anilines is 1. The summed E-state index contributed by atoms with van der Waals surface area (Å²) in [4.78, 5) is 32.3. The molecule has 1 aliphatic heterocycles. The van der Waals surface area contributed by atoms with Gasteiger partial charge in [-0.1, -0.05) is 18.2 Å². The Morgan fingerprint density at radius 2 is 2.15 bits per heavy atom. The first-order chi connectivity index (χ1) is 12.5. The molecule has 4 N–H and O–H groups in total. The Labute approximate surface area is 147 Å². The van der Waals surface area contributed by atoms with Crippen molar-refractivity contribution in [1.29, 1.82) is 0 Å². The van der Waals surface area contributed by atoms with Crippen LogP contribution in [-0.4, -0.2) is 56.0 Å². The van der Waals surface area contributed by atoms with E-state index >= 15 is 0 Å². The van der Waals surface area contributed by atoms with Crippen LogP contribution in [0.5, 0.6) is 5.75 Å². The maximum absolute atomic E-state index is 12.9. The van der Waals surface area contributed by atoms with E-state index < -0.39 is 42.6 Å². The molecule has 0 bridgehead atoms. The van der Waals surface area contributed by atoms with Crippen LogP contribution in [0.1, 0.15) is 6.42 Å². The first kappa shape index (κ1) is 18.0. The summed E-state index contributed by atoms with van der Waals surface area (Å²) in [6.07, 6.45) is -1.44. The molecule has 3 atom stereocenters. The summed E-state index contributed by atoms with van der Waals surface area (Å²) in [5.41, 5.74) is 2.62. The molecule has 2 heterocycles. The molecular formula is C16H18N4O6. The van der Waals surface area contributed by atoms with Crippen LogP contribution in [0, 0.1) is 0 Å². The number of aliphatic hydroxyl groups excluding tert-OH is 2. The highest BCUT2D eigenvalue weighted by Crippen LogP contribution is 2.35. The number of carbonyl (C=O) groups excluding carboxylic acids is 1. The number of nitrogens with two attached hydrogens (primary N) is 1. The van der Waals surface area contributed by atoms with Crippen LogP contribution in [0.2, 0.25) is 0 Å². The van der Waals surface area contributed by atoms with E-state index in [4.69, 9.17) is 15.2 Å². The predicted molar refractivity (Wildman–Crippen MR) is 88.2 cm³/mol. The third-order valence-corrected chi connectivity index (χ3v) is 4.10. The number of benzene rings is 1. The van der Waals surface area contributed by atoms with Crippen molar-refractivity contribution < 1.29 is 24.5 Å². The van der Waals surface area contributed by atoms with Crippen molar-refractivity contribution in [2.75, 3.05) is 18.9 Å². The molecule has 1 saturated heterocycles. The van der Waals surface area contributed by atoms with Gasteiger partial charge in [-0.3, -0.25) is 4.79 Å². The van der Waals surface area contributed by atoms with Crippen LogP contribution in [0.3, 0.4) is 0 Å². The van der Waals surface area contributed by atoms with E-state index in [-0.39, 0.29) is 12.4 Å². The second-order valence-corrected chi connectivity index (χ2v) is 5.79. The summed E-state index contributed by atoms with van der Waals surface area (Å²) >= 11 is 0. The molecule has 1 aromatic heterocycles. The molecule has 10 nitrogen and oxygen atoms in total. The Morgan fingerprint density at radius 3 is 2.77 bits per heavy atom. The molecule has 26 heavy (non-hydrogen) atoms. The fourth-order valence-corrected chi connectivity index (χ4v) is 2.79. The first-order valence-corrected chi connectivity index (χ1v) is 7.86. The maximum Gasteiger partial charge on any atom is 0.354 e. The molecule has 0 spiro atoms. The Hall–Kier alpha value is -2.82. The zero-order valence-corrected chi connectivity index (χ0v) is 13.7. The lowest BCUT2D eigenvalue weighted by Gasteiger charge is -2.28.